The minimum atomic E-state index is -3.01. The molecule has 0 radical (unpaired) electrons. The van der Waals surface area contributed by atoms with E-state index in [4.69, 9.17) is 0 Å². The Morgan fingerprint density at radius 3 is 2.79 bits per heavy atom. The molecule has 1 amide bonds. The molecule has 2 heterocycles. The number of carbonyl (C=O) groups is 1. The number of para-hydroxylation sites is 1. The molecule has 2 aromatic rings. The Morgan fingerprint density at radius 2 is 2.12 bits per heavy atom. The van der Waals surface area contributed by atoms with Gasteiger partial charge in [-0.15, -0.1) is 5.10 Å². The molecule has 1 fully saturated rings. The van der Waals surface area contributed by atoms with Gasteiger partial charge in [-0.3, -0.25) is 4.79 Å². The monoisotopic (exact) mass is 367 g/mol. The fourth-order valence-electron chi connectivity index (χ4n) is 2.51. The van der Waals surface area contributed by atoms with E-state index in [1.54, 1.807) is 11.7 Å². The second kappa shape index (κ2) is 6.89. The highest BCUT2D eigenvalue weighted by atomic mass is 32.2. The first-order chi connectivity index (χ1) is 11.5. The van der Waals surface area contributed by atoms with Crippen molar-refractivity contribution >= 4 is 27.5 Å². The Hall–Kier alpha value is -1.94. The van der Waals surface area contributed by atoms with Crippen LogP contribution >= 0.6 is 11.8 Å². The van der Waals surface area contributed by atoms with Gasteiger partial charge in [-0.2, -0.15) is 4.68 Å². The zero-order valence-corrected chi connectivity index (χ0v) is 14.7. The Balaban J connectivity index is 1.62. The van der Waals surface area contributed by atoms with Gasteiger partial charge in [0.1, 0.15) is 0 Å². The quantitative estimate of drug-likeness (QED) is 0.706. The van der Waals surface area contributed by atoms with Crippen molar-refractivity contribution in [1.29, 1.82) is 0 Å². The largest absolute Gasteiger partial charge is 0.341 e. The average Bonchev–Trinajstić information content (AvgIpc) is 3.18. The number of tetrazole rings is 1. The van der Waals surface area contributed by atoms with Gasteiger partial charge in [0, 0.05) is 13.1 Å². The number of benzene rings is 1. The summed E-state index contributed by atoms with van der Waals surface area (Å²) < 4.78 is 24.6. The van der Waals surface area contributed by atoms with Crippen LogP contribution in [0.4, 0.5) is 0 Å². The van der Waals surface area contributed by atoms with Crippen LogP contribution in [0.1, 0.15) is 6.42 Å². The molecule has 8 nitrogen and oxygen atoms in total. The van der Waals surface area contributed by atoms with Gasteiger partial charge in [-0.05, 0) is 29.0 Å². The molecule has 24 heavy (non-hydrogen) atoms. The molecule has 0 spiro atoms. The Kier molecular flexibility index (Phi) is 4.86. The molecule has 10 heteroatoms. The van der Waals surface area contributed by atoms with Crippen LogP contribution in [0, 0.1) is 0 Å². The van der Waals surface area contributed by atoms with Crippen molar-refractivity contribution < 1.29 is 13.2 Å². The predicted octanol–water partition coefficient (Wildman–Crippen LogP) is 0.400. The summed E-state index contributed by atoms with van der Waals surface area (Å²) in [5.41, 5.74) is 0.813. The maximum atomic E-state index is 12.3. The number of thioether (sulfide) groups is 1. The van der Waals surface area contributed by atoms with Gasteiger partial charge in [-0.25, -0.2) is 8.42 Å². The fraction of sp³-hybridized carbons (Fsp3) is 0.429. The maximum Gasteiger partial charge on any atom is 0.233 e. The Bertz CT molecular complexity index is 822. The van der Waals surface area contributed by atoms with Crippen LogP contribution in [-0.2, 0) is 14.6 Å². The van der Waals surface area contributed by atoms with Gasteiger partial charge in [0.15, 0.2) is 9.84 Å². The first kappa shape index (κ1) is 16.9. The normalized spacial score (nSPS) is 19.3. The minimum absolute atomic E-state index is 0.0433. The van der Waals surface area contributed by atoms with Gasteiger partial charge in [0.2, 0.25) is 11.1 Å². The summed E-state index contributed by atoms with van der Waals surface area (Å²) in [6, 6.07) is 9.16. The van der Waals surface area contributed by atoms with Crippen molar-refractivity contribution in [2.45, 2.75) is 17.6 Å². The average molecular weight is 367 g/mol. The summed E-state index contributed by atoms with van der Waals surface area (Å²) in [6.07, 6.45) is 0.497. The summed E-state index contributed by atoms with van der Waals surface area (Å²) in [7, 11) is -1.36. The van der Waals surface area contributed by atoms with E-state index in [1.807, 2.05) is 30.3 Å². The van der Waals surface area contributed by atoms with Crippen LogP contribution in [0.2, 0.25) is 0 Å². The molecule has 0 aliphatic carbocycles. The van der Waals surface area contributed by atoms with Gasteiger partial charge < -0.3 is 4.90 Å². The lowest BCUT2D eigenvalue weighted by molar-refractivity contribution is -0.128. The van der Waals surface area contributed by atoms with Gasteiger partial charge >= 0.3 is 0 Å². The molecule has 0 bridgehead atoms. The minimum Gasteiger partial charge on any atom is -0.341 e. The second-order valence-corrected chi connectivity index (χ2v) is 8.73. The molecule has 1 aliphatic rings. The standard InChI is InChI=1S/C14H17N5O3S2/c1-18(12-7-8-24(21,22)10-12)13(20)9-23-14-15-16-17-19(14)11-5-3-2-4-6-11/h2-6,12H,7-10H2,1H3. The van der Waals surface area contributed by atoms with Gasteiger partial charge in [-0.1, -0.05) is 30.0 Å². The highest BCUT2D eigenvalue weighted by molar-refractivity contribution is 7.99. The number of nitrogens with zero attached hydrogens (tertiary/aromatic N) is 5. The summed E-state index contributed by atoms with van der Waals surface area (Å²) >= 11 is 1.23. The van der Waals surface area contributed by atoms with E-state index in [2.05, 4.69) is 15.5 Å². The summed E-state index contributed by atoms with van der Waals surface area (Å²) in [5.74, 6) is 0.209. The first-order valence-corrected chi connectivity index (χ1v) is 10.2. The summed E-state index contributed by atoms with van der Waals surface area (Å²) in [5, 5.41) is 12.1. The van der Waals surface area contributed by atoms with Crippen LogP contribution in [0.15, 0.2) is 35.5 Å². The maximum absolute atomic E-state index is 12.3. The molecule has 3 rings (SSSR count). The van der Waals surface area contributed by atoms with E-state index in [1.165, 1.54) is 16.7 Å². The molecule has 1 aliphatic heterocycles. The van der Waals surface area contributed by atoms with Crippen LogP contribution in [0.5, 0.6) is 0 Å². The van der Waals surface area contributed by atoms with E-state index in [0.717, 1.165) is 5.69 Å². The number of sulfone groups is 1. The molecule has 1 atom stereocenters. The van der Waals surface area contributed by atoms with Gasteiger partial charge in [0.05, 0.1) is 22.9 Å². The van der Waals surface area contributed by atoms with Gasteiger partial charge in [0.25, 0.3) is 0 Å². The predicted molar refractivity (Wildman–Crippen MR) is 89.7 cm³/mol. The Labute approximate surface area is 144 Å². The Morgan fingerprint density at radius 1 is 1.38 bits per heavy atom. The van der Waals surface area contributed by atoms with E-state index >= 15 is 0 Å². The van der Waals surface area contributed by atoms with E-state index in [0.29, 0.717) is 11.6 Å². The van der Waals surface area contributed by atoms with E-state index in [-0.39, 0.29) is 29.2 Å². The van der Waals surface area contributed by atoms with E-state index in [9.17, 15) is 13.2 Å². The highest BCUT2D eigenvalue weighted by Crippen LogP contribution is 2.21. The van der Waals surface area contributed by atoms with Crippen molar-refractivity contribution in [3.05, 3.63) is 30.3 Å². The lowest BCUT2D eigenvalue weighted by Gasteiger charge is -2.23. The molecule has 1 unspecified atom stereocenters. The molecule has 1 aromatic heterocycles. The smallest absolute Gasteiger partial charge is 0.233 e. The van der Waals surface area contributed by atoms with E-state index < -0.39 is 9.84 Å². The van der Waals surface area contributed by atoms with Crippen molar-refractivity contribution in [2.75, 3.05) is 24.3 Å². The number of rotatable bonds is 5. The zero-order chi connectivity index (χ0) is 17.2. The van der Waals surface area contributed by atoms with Crippen LogP contribution < -0.4 is 0 Å². The molecule has 0 N–H and O–H groups in total. The summed E-state index contributed by atoms with van der Waals surface area (Å²) in [4.78, 5) is 13.8. The third-order valence-electron chi connectivity index (χ3n) is 3.92. The van der Waals surface area contributed by atoms with Crippen molar-refractivity contribution in [3.63, 3.8) is 0 Å². The number of carbonyl (C=O) groups excluding carboxylic acids is 1. The van der Waals surface area contributed by atoms with Crippen LogP contribution in [-0.4, -0.2) is 69.8 Å². The molecular formula is C14H17N5O3S2. The van der Waals surface area contributed by atoms with Crippen molar-refractivity contribution in [3.8, 4) is 5.69 Å². The molecule has 0 saturated carbocycles. The number of amides is 1. The molecular weight excluding hydrogens is 350 g/mol. The SMILES string of the molecule is CN(C(=O)CSc1nnnn1-c1ccccc1)C1CCS(=O)(=O)C1. The molecule has 1 saturated heterocycles. The lowest BCUT2D eigenvalue weighted by Crippen LogP contribution is -2.38. The fourth-order valence-corrected chi connectivity index (χ4v) is 5.10. The topological polar surface area (TPSA) is 98.1 Å². The number of hydrogen-bond acceptors (Lipinski definition) is 7. The second-order valence-electron chi connectivity index (χ2n) is 5.56. The molecule has 128 valence electrons. The van der Waals surface area contributed by atoms with Crippen molar-refractivity contribution in [1.82, 2.24) is 25.1 Å². The van der Waals surface area contributed by atoms with Crippen molar-refractivity contribution in [2.24, 2.45) is 0 Å². The first-order valence-electron chi connectivity index (χ1n) is 7.39. The molecule has 1 aromatic carbocycles. The lowest BCUT2D eigenvalue weighted by atomic mass is 10.2. The van der Waals surface area contributed by atoms with Crippen LogP contribution in [0.3, 0.4) is 0 Å². The van der Waals surface area contributed by atoms with Crippen LogP contribution in [0.25, 0.3) is 5.69 Å². The number of hydrogen-bond donors (Lipinski definition) is 0. The number of aromatic nitrogens is 4. The third kappa shape index (κ3) is 3.75. The highest BCUT2D eigenvalue weighted by Gasteiger charge is 2.32. The third-order valence-corrected chi connectivity index (χ3v) is 6.57. The zero-order valence-electron chi connectivity index (χ0n) is 13.1. The summed E-state index contributed by atoms with van der Waals surface area (Å²) in [6.45, 7) is 0.